The zero-order valence-corrected chi connectivity index (χ0v) is 8.67. The molecular formula is C10H10F3NO2. The summed E-state index contributed by atoms with van der Waals surface area (Å²) in [4.78, 5) is 14.3. The highest BCUT2D eigenvalue weighted by molar-refractivity contribution is 5.80. The number of hydrogen-bond acceptors (Lipinski definition) is 2. The van der Waals surface area contributed by atoms with Gasteiger partial charge < -0.3 is 5.11 Å². The summed E-state index contributed by atoms with van der Waals surface area (Å²) in [5.74, 6) is -1.20. The summed E-state index contributed by atoms with van der Waals surface area (Å²) < 4.78 is 37.1. The second-order valence-corrected chi connectivity index (χ2v) is 3.89. The van der Waals surface area contributed by atoms with E-state index in [-0.39, 0.29) is 5.56 Å². The first-order valence-corrected chi connectivity index (χ1v) is 4.42. The fourth-order valence-corrected chi connectivity index (χ4v) is 1.06. The molecule has 0 radical (unpaired) electrons. The van der Waals surface area contributed by atoms with E-state index < -0.39 is 23.1 Å². The van der Waals surface area contributed by atoms with Crippen molar-refractivity contribution in [2.75, 3.05) is 0 Å². The van der Waals surface area contributed by atoms with Crippen LogP contribution in [0, 0.1) is 0 Å². The minimum Gasteiger partial charge on any atom is -0.481 e. The van der Waals surface area contributed by atoms with Gasteiger partial charge in [0.05, 0.1) is 11.0 Å². The number of alkyl halides is 3. The summed E-state index contributed by atoms with van der Waals surface area (Å²) in [7, 11) is 0. The summed E-state index contributed by atoms with van der Waals surface area (Å²) in [6, 6.07) is 0.807. The third-order valence-electron chi connectivity index (χ3n) is 2.32. The van der Waals surface area contributed by atoms with E-state index in [1.54, 1.807) is 0 Å². The van der Waals surface area contributed by atoms with E-state index in [0.717, 1.165) is 12.3 Å². The highest BCUT2D eigenvalue weighted by atomic mass is 19.4. The number of nitrogens with zero attached hydrogens (tertiary/aromatic N) is 1. The van der Waals surface area contributed by atoms with Crippen LogP contribution in [0.5, 0.6) is 0 Å². The predicted octanol–water partition coefficient (Wildman–Crippen LogP) is 2.46. The molecule has 0 saturated heterocycles. The largest absolute Gasteiger partial charge is 0.481 e. The maximum atomic E-state index is 12.4. The number of halogens is 3. The topological polar surface area (TPSA) is 50.2 Å². The van der Waals surface area contributed by atoms with Gasteiger partial charge >= 0.3 is 12.1 Å². The summed E-state index contributed by atoms with van der Waals surface area (Å²) in [5.41, 5.74) is -2.32. The van der Waals surface area contributed by atoms with Gasteiger partial charge in [-0.1, -0.05) is 0 Å². The molecule has 16 heavy (non-hydrogen) atoms. The van der Waals surface area contributed by atoms with Crippen LogP contribution in [0.1, 0.15) is 25.0 Å². The zero-order valence-electron chi connectivity index (χ0n) is 8.67. The molecule has 0 fully saturated rings. The van der Waals surface area contributed by atoms with Gasteiger partial charge in [0.25, 0.3) is 0 Å². The van der Waals surface area contributed by atoms with Gasteiger partial charge in [-0.3, -0.25) is 9.78 Å². The van der Waals surface area contributed by atoms with E-state index >= 15 is 0 Å². The van der Waals surface area contributed by atoms with Crippen molar-refractivity contribution in [1.82, 2.24) is 4.98 Å². The molecule has 0 aliphatic heterocycles. The molecule has 1 aromatic heterocycles. The Labute approximate surface area is 89.9 Å². The molecular weight excluding hydrogens is 223 g/mol. The summed E-state index contributed by atoms with van der Waals surface area (Å²) in [5, 5.41) is 8.88. The van der Waals surface area contributed by atoms with Crippen LogP contribution in [0.4, 0.5) is 13.2 Å². The van der Waals surface area contributed by atoms with Crippen LogP contribution in [0.3, 0.4) is 0 Å². The number of rotatable bonds is 2. The molecule has 0 saturated carbocycles. The van der Waals surface area contributed by atoms with E-state index in [1.165, 1.54) is 13.8 Å². The fraction of sp³-hybridized carbons (Fsp3) is 0.400. The Morgan fingerprint density at radius 2 is 1.75 bits per heavy atom. The first-order chi connectivity index (χ1) is 7.15. The van der Waals surface area contributed by atoms with Crippen LogP contribution >= 0.6 is 0 Å². The zero-order chi connectivity index (χ0) is 12.6. The Hall–Kier alpha value is -1.59. The molecule has 1 N–H and O–H groups in total. The molecule has 0 aliphatic rings. The highest BCUT2D eigenvalue weighted by Crippen LogP contribution is 2.32. The number of aliphatic carboxylic acids is 1. The van der Waals surface area contributed by atoms with Crippen molar-refractivity contribution in [2.45, 2.75) is 25.4 Å². The normalized spacial score (nSPS) is 12.6. The number of carboxylic acid groups (broad SMARTS) is 1. The first-order valence-electron chi connectivity index (χ1n) is 4.42. The van der Waals surface area contributed by atoms with E-state index in [4.69, 9.17) is 5.11 Å². The third kappa shape index (κ3) is 2.32. The molecule has 0 unspecified atom stereocenters. The molecule has 1 heterocycles. The summed E-state index contributed by atoms with van der Waals surface area (Å²) in [6.45, 7) is 2.65. The predicted molar refractivity (Wildman–Crippen MR) is 49.9 cm³/mol. The number of carboxylic acids is 1. The van der Waals surface area contributed by atoms with Gasteiger partial charge in [-0.2, -0.15) is 13.2 Å². The van der Waals surface area contributed by atoms with Crippen LogP contribution < -0.4 is 0 Å². The second kappa shape index (κ2) is 3.77. The van der Waals surface area contributed by atoms with Crippen molar-refractivity contribution in [3.05, 3.63) is 29.6 Å². The molecule has 6 heteroatoms. The van der Waals surface area contributed by atoms with Crippen LogP contribution in [-0.2, 0) is 16.4 Å². The van der Waals surface area contributed by atoms with Crippen molar-refractivity contribution in [3.63, 3.8) is 0 Å². The minimum absolute atomic E-state index is 0.0230. The smallest absolute Gasteiger partial charge is 0.417 e. The van der Waals surface area contributed by atoms with Crippen molar-refractivity contribution >= 4 is 5.97 Å². The van der Waals surface area contributed by atoms with Crippen LogP contribution in [0.2, 0.25) is 0 Å². The number of aromatic nitrogens is 1. The number of hydrogen-bond donors (Lipinski definition) is 1. The number of carbonyl (C=O) groups is 1. The second-order valence-electron chi connectivity index (χ2n) is 3.89. The van der Waals surface area contributed by atoms with E-state index in [1.807, 2.05) is 0 Å². The van der Waals surface area contributed by atoms with Gasteiger partial charge in [-0.25, -0.2) is 0 Å². The van der Waals surface area contributed by atoms with Gasteiger partial charge in [-0.15, -0.1) is 0 Å². The monoisotopic (exact) mass is 233 g/mol. The van der Waals surface area contributed by atoms with Crippen molar-refractivity contribution in [2.24, 2.45) is 0 Å². The first kappa shape index (κ1) is 12.5. The average molecular weight is 233 g/mol. The van der Waals surface area contributed by atoms with E-state index in [2.05, 4.69) is 4.98 Å². The Morgan fingerprint density at radius 1 is 1.25 bits per heavy atom. The fourth-order valence-electron chi connectivity index (χ4n) is 1.06. The quantitative estimate of drug-likeness (QED) is 0.853. The molecule has 3 nitrogen and oxygen atoms in total. The van der Waals surface area contributed by atoms with E-state index in [9.17, 15) is 18.0 Å². The lowest BCUT2D eigenvalue weighted by atomic mass is 9.85. The minimum atomic E-state index is -4.52. The van der Waals surface area contributed by atoms with Gasteiger partial charge in [0.15, 0.2) is 0 Å². The van der Waals surface area contributed by atoms with Crippen LogP contribution in [-0.4, -0.2) is 16.1 Å². The molecule has 88 valence electrons. The lowest BCUT2D eigenvalue weighted by molar-refractivity contribution is -0.143. The van der Waals surface area contributed by atoms with Gasteiger partial charge in [0, 0.05) is 12.4 Å². The third-order valence-corrected chi connectivity index (χ3v) is 2.32. The Morgan fingerprint density at radius 3 is 2.19 bits per heavy atom. The summed E-state index contributed by atoms with van der Waals surface area (Å²) >= 11 is 0. The van der Waals surface area contributed by atoms with E-state index in [0.29, 0.717) is 6.20 Å². The molecule has 0 bridgehead atoms. The highest BCUT2D eigenvalue weighted by Gasteiger charge is 2.35. The molecule has 1 aromatic rings. The van der Waals surface area contributed by atoms with Crippen LogP contribution in [0.15, 0.2) is 18.5 Å². The van der Waals surface area contributed by atoms with Crippen LogP contribution in [0.25, 0.3) is 0 Å². The lowest BCUT2D eigenvalue weighted by Gasteiger charge is -2.20. The van der Waals surface area contributed by atoms with Gasteiger partial charge in [0.1, 0.15) is 0 Å². The molecule has 0 spiro atoms. The van der Waals surface area contributed by atoms with Crippen molar-refractivity contribution < 1.29 is 23.1 Å². The molecule has 1 rings (SSSR count). The Balaban J connectivity index is 3.23. The Bertz CT molecular complexity index is 413. The summed E-state index contributed by atoms with van der Waals surface area (Å²) in [6.07, 6.45) is -2.72. The SMILES string of the molecule is CC(C)(C(=O)O)c1cncc(C(F)(F)F)c1. The van der Waals surface area contributed by atoms with Crippen molar-refractivity contribution in [1.29, 1.82) is 0 Å². The maximum Gasteiger partial charge on any atom is 0.417 e. The standard InChI is InChI=1S/C10H10F3NO2/c1-9(2,8(15)16)6-3-7(5-14-4-6)10(11,12)13/h3-5H,1-2H3,(H,15,16). The van der Waals surface area contributed by atoms with Gasteiger partial charge in [-0.05, 0) is 25.5 Å². The molecule has 0 aliphatic carbocycles. The number of pyridine rings is 1. The average Bonchev–Trinajstić information content (AvgIpc) is 2.16. The molecule has 0 atom stereocenters. The van der Waals surface area contributed by atoms with Crippen molar-refractivity contribution in [3.8, 4) is 0 Å². The molecule has 0 amide bonds. The lowest BCUT2D eigenvalue weighted by Crippen LogP contribution is -2.29. The maximum absolute atomic E-state index is 12.4. The molecule has 0 aromatic carbocycles. The van der Waals surface area contributed by atoms with Gasteiger partial charge in [0.2, 0.25) is 0 Å². The Kier molecular flexibility index (Phi) is 2.94.